The molecular weight excluding hydrogens is 252 g/mol. The summed E-state index contributed by atoms with van der Waals surface area (Å²) in [5, 5.41) is 1.83. The Bertz CT molecular complexity index is 556. The Morgan fingerprint density at radius 3 is 2.45 bits per heavy atom. The van der Waals surface area contributed by atoms with E-state index in [0.717, 1.165) is 11.4 Å². The van der Waals surface area contributed by atoms with Crippen LogP contribution >= 0.6 is 0 Å². The van der Waals surface area contributed by atoms with Crippen LogP contribution in [0.15, 0.2) is 36.4 Å². The van der Waals surface area contributed by atoms with Crippen molar-refractivity contribution < 1.29 is 9.53 Å². The Balaban J connectivity index is 2.33. The van der Waals surface area contributed by atoms with E-state index in [1.54, 1.807) is 0 Å². The third-order valence-corrected chi connectivity index (χ3v) is 3.28. The van der Waals surface area contributed by atoms with Crippen molar-refractivity contribution in [3.8, 4) is 5.75 Å². The van der Waals surface area contributed by atoms with E-state index in [2.05, 4.69) is 12.0 Å². The minimum Gasteiger partial charge on any atom is -0.488 e. The molecule has 1 fully saturated rings. The van der Waals surface area contributed by atoms with Gasteiger partial charge >= 0.3 is 0 Å². The largest absolute Gasteiger partial charge is 0.488 e. The van der Waals surface area contributed by atoms with Crippen molar-refractivity contribution in [2.24, 2.45) is 0 Å². The zero-order valence-corrected chi connectivity index (χ0v) is 12.8. The molecule has 1 saturated heterocycles. The zero-order chi connectivity index (χ0) is 15.1. The molecule has 0 radical (unpaired) electrons. The standard InChI is InChI=1S/C16H22N2O2/c1-11-14(19)17-18(16(11,5)6)12-8-7-9-13(10-12)20-15(2,3)4/h7-10H,1H2,2-6H3,(H,17,19). The normalized spacial score (nSPS) is 18.1. The van der Waals surface area contributed by atoms with Crippen LogP contribution in [0.5, 0.6) is 5.75 Å². The number of nitrogens with zero attached hydrogens (tertiary/aromatic N) is 1. The summed E-state index contributed by atoms with van der Waals surface area (Å²) in [5.74, 6) is 0.634. The first-order valence-electron chi connectivity index (χ1n) is 6.71. The van der Waals surface area contributed by atoms with Gasteiger partial charge in [0.1, 0.15) is 11.4 Å². The van der Waals surface area contributed by atoms with E-state index in [-0.39, 0.29) is 11.5 Å². The fourth-order valence-corrected chi connectivity index (χ4v) is 2.15. The summed E-state index contributed by atoms with van der Waals surface area (Å²) >= 11 is 0. The quantitative estimate of drug-likeness (QED) is 0.843. The second-order valence-corrected chi connectivity index (χ2v) is 6.53. The monoisotopic (exact) mass is 274 g/mol. The summed E-state index contributed by atoms with van der Waals surface area (Å²) in [4.78, 5) is 11.8. The maximum Gasteiger partial charge on any atom is 0.267 e. The van der Waals surface area contributed by atoms with Gasteiger partial charge in [-0.15, -0.1) is 0 Å². The highest BCUT2D eigenvalue weighted by Gasteiger charge is 2.41. The van der Waals surface area contributed by atoms with Crippen molar-refractivity contribution >= 4 is 11.6 Å². The third-order valence-electron chi connectivity index (χ3n) is 3.28. The predicted octanol–water partition coefficient (Wildman–Crippen LogP) is 3.05. The molecule has 0 spiro atoms. The first-order chi connectivity index (χ1) is 9.11. The summed E-state index contributed by atoms with van der Waals surface area (Å²) in [5.41, 5.74) is 3.55. The lowest BCUT2D eigenvalue weighted by atomic mass is 9.96. The molecule has 1 amide bonds. The highest BCUT2D eigenvalue weighted by molar-refractivity contribution is 6.00. The summed E-state index contributed by atoms with van der Waals surface area (Å²) in [7, 11) is 0. The highest BCUT2D eigenvalue weighted by atomic mass is 16.5. The van der Waals surface area contributed by atoms with Gasteiger partial charge in [-0.05, 0) is 46.8 Å². The first kappa shape index (κ1) is 14.4. The van der Waals surface area contributed by atoms with Gasteiger partial charge in [-0.1, -0.05) is 12.6 Å². The lowest BCUT2D eigenvalue weighted by molar-refractivity contribution is -0.116. The van der Waals surface area contributed by atoms with Gasteiger partial charge in [0.25, 0.3) is 5.91 Å². The van der Waals surface area contributed by atoms with Crippen LogP contribution in [-0.4, -0.2) is 17.0 Å². The van der Waals surface area contributed by atoms with Gasteiger partial charge in [0.15, 0.2) is 0 Å². The Kier molecular flexibility index (Phi) is 3.28. The van der Waals surface area contributed by atoms with Crippen LogP contribution in [0.3, 0.4) is 0 Å². The number of hydrogen-bond acceptors (Lipinski definition) is 3. The highest BCUT2D eigenvalue weighted by Crippen LogP contribution is 2.34. The SMILES string of the molecule is C=C1C(=O)NN(c2cccc(OC(C)(C)C)c2)C1(C)C. The van der Waals surface area contributed by atoms with Gasteiger partial charge in [0.05, 0.1) is 11.2 Å². The smallest absolute Gasteiger partial charge is 0.267 e. The van der Waals surface area contributed by atoms with E-state index < -0.39 is 5.54 Å². The molecule has 0 aromatic heterocycles. The molecule has 1 aliphatic rings. The minimum absolute atomic E-state index is 0.142. The Hall–Kier alpha value is -1.97. The topological polar surface area (TPSA) is 41.6 Å². The molecule has 2 rings (SSSR count). The van der Waals surface area contributed by atoms with Gasteiger partial charge < -0.3 is 4.74 Å². The molecule has 1 heterocycles. The number of amides is 1. The van der Waals surface area contributed by atoms with E-state index >= 15 is 0 Å². The molecule has 108 valence electrons. The van der Waals surface area contributed by atoms with E-state index in [9.17, 15) is 4.79 Å². The van der Waals surface area contributed by atoms with Crippen molar-refractivity contribution in [2.75, 3.05) is 5.01 Å². The molecule has 1 aliphatic heterocycles. The molecule has 4 heteroatoms. The number of carbonyl (C=O) groups is 1. The summed E-state index contributed by atoms with van der Waals surface area (Å²) < 4.78 is 5.86. The van der Waals surface area contributed by atoms with E-state index in [1.165, 1.54) is 0 Å². The predicted molar refractivity (Wildman–Crippen MR) is 80.7 cm³/mol. The van der Waals surface area contributed by atoms with Gasteiger partial charge in [0.2, 0.25) is 0 Å². The van der Waals surface area contributed by atoms with Crippen LogP contribution in [0.2, 0.25) is 0 Å². The number of anilines is 1. The van der Waals surface area contributed by atoms with Crippen LogP contribution in [0.4, 0.5) is 5.69 Å². The molecule has 1 aromatic rings. The van der Waals surface area contributed by atoms with Crippen molar-refractivity contribution in [3.05, 3.63) is 36.4 Å². The molecule has 4 nitrogen and oxygen atoms in total. The number of hydrazine groups is 1. The van der Waals surface area contributed by atoms with Crippen LogP contribution in [0, 0.1) is 0 Å². The Morgan fingerprint density at radius 1 is 1.30 bits per heavy atom. The van der Waals surface area contributed by atoms with E-state index in [1.807, 2.05) is 63.9 Å². The van der Waals surface area contributed by atoms with E-state index in [4.69, 9.17) is 4.74 Å². The average Bonchev–Trinajstić information content (AvgIpc) is 2.51. The number of hydrogen-bond donors (Lipinski definition) is 1. The summed E-state index contributed by atoms with van der Waals surface area (Å²) in [6, 6.07) is 7.69. The van der Waals surface area contributed by atoms with Gasteiger partial charge in [-0.3, -0.25) is 15.2 Å². The molecular formula is C16H22N2O2. The number of carbonyl (C=O) groups excluding carboxylic acids is 1. The molecule has 0 aliphatic carbocycles. The van der Waals surface area contributed by atoms with Crippen LogP contribution in [0.1, 0.15) is 34.6 Å². The fraction of sp³-hybridized carbons (Fsp3) is 0.438. The van der Waals surface area contributed by atoms with Crippen LogP contribution < -0.4 is 15.2 Å². The van der Waals surface area contributed by atoms with E-state index in [0.29, 0.717) is 5.57 Å². The van der Waals surface area contributed by atoms with Gasteiger partial charge in [-0.25, -0.2) is 0 Å². The number of rotatable bonds is 2. The van der Waals surface area contributed by atoms with Crippen molar-refractivity contribution in [1.82, 2.24) is 5.43 Å². The van der Waals surface area contributed by atoms with Gasteiger partial charge in [0, 0.05) is 11.6 Å². The summed E-state index contributed by atoms with van der Waals surface area (Å²) in [6.45, 7) is 13.8. The van der Waals surface area contributed by atoms with Gasteiger partial charge in [-0.2, -0.15) is 0 Å². The summed E-state index contributed by atoms with van der Waals surface area (Å²) in [6.07, 6.45) is 0. The maximum atomic E-state index is 11.8. The third kappa shape index (κ3) is 2.64. The van der Waals surface area contributed by atoms with Crippen molar-refractivity contribution in [1.29, 1.82) is 0 Å². The molecule has 0 unspecified atom stereocenters. The number of benzene rings is 1. The molecule has 0 saturated carbocycles. The number of ether oxygens (including phenoxy) is 1. The van der Waals surface area contributed by atoms with Crippen molar-refractivity contribution in [2.45, 2.75) is 45.8 Å². The van der Waals surface area contributed by atoms with Crippen LogP contribution in [0.25, 0.3) is 0 Å². The Labute approximate surface area is 120 Å². The molecule has 1 N–H and O–H groups in total. The first-order valence-corrected chi connectivity index (χ1v) is 6.71. The minimum atomic E-state index is -0.461. The van der Waals surface area contributed by atoms with Crippen LogP contribution in [-0.2, 0) is 4.79 Å². The molecule has 1 aromatic carbocycles. The average molecular weight is 274 g/mol. The second kappa shape index (κ2) is 4.54. The lowest BCUT2D eigenvalue weighted by Crippen LogP contribution is -2.44. The maximum absolute atomic E-state index is 11.8. The number of nitrogens with one attached hydrogen (secondary N) is 1. The molecule has 20 heavy (non-hydrogen) atoms. The molecule has 0 atom stereocenters. The second-order valence-electron chi connectivity index (χ2n) is 6.53. The lowest BCUT2D eigenvalue weighted by Gasteiger charge is -2.32. The fourth-order valence-electron chi connectivity index (χ4n) is 2.15. The molecule has 0 bridgehead atoms. The van der Waals surface area contributed by atoms with Crippen molar-refractivity contribution in [3.63, 3.8) is 0 Å². The Morgan fingerprint density at radius 2 is 1.95 bits per heavy atom. The zero-order valence-electron chi connectivity index (χ0n) is 12.8.